The fraction of sp³-hybridized carbons (Fsp3) is 0.467. The normalized spacial score (nSPS) is 13.2. The molecule has 1 unspecified atom stereocenters. The summed E-state index contributed by atoms with van der Waals surface area (Å²) in [5, 5.41) is 5.40. The monoisotopic (exact) mass is 292 g/mol. The molecule has 2 rings (SSSR count). The minimum absolute atomic E-state index is 0.157. The summed E-state index contributed by atoms with van der Waals surface area (Å²) in [5.41, 5.74) is 2.65. The van der Waals surface area contributed by atoms with Gasteiger partial charge in [-0.25, -0.2) is 0 Å². The predicted octanol–water partition coefficient (Wildman–Crippen LogP) is 3.80. The third kappa shape index (κ3) is 2.72. The van der Waals surface area contributed by atoms with Crippen LogP contribution in [0.4, 0.5) is 0 Å². The van der Waals surface area contributed by atoms with Gasteiger partial charge < -0.3 is 4.90 Å². The van der Waals surface area contributed by atoms with Crippen molar-refractivity contribution >= 4 is 11.6 Å². The minimum Gasteiger partial charge on any atom is -0.301 e. The third-order valence-corrected chi connectivity index (χ3v) is 3.82. The van der Waals surface area contributed by atoms with Crippen molar-refractivity contribution in [2.45, 2.75) is 32.9 Å². The number of pyridine rings is 1. The first-order valence-corrected chi connectivity index (χ1v) is 7.17. The Morgan fingerprint density at radius 3 is 2.40 bits per heavy atom. The summed E-state index contributed by atoms with van der Waals surface area (Å²) in [4.78, 5) is 6.51. The number of hydrogen-bond donors (Lipinski definition) is 0. The number of aromatic nitrogens is 3. The maximum atomic E-state index is 6.60. The molecule has 2 aromatic heterocycles. The molecule has 0 aliphatic carbocycles. The van der Waals surface area contributed by atoms with Crippen molar-refractivity contribution in [3.63, 3.8) is 0 Å². The predicted molar refractivity (Wildman–Crippen MR) is 83.0 cm³/mol. The first kappa shape index (κ1) is 15.0. The van der Waals surface area contributed by atoms with Crippen LogP contribution in [0.1, 0.15) is 38.5 Å². The molecule has 0 N–H and O–H groups in total. The molecule has 5 heteroatoms. The highest BCUT2D eigenvalue weighted by atomic mass is 35.5. The van der Waals surface area contributed by atoms with Crippen LogP contribution in [0.25, 0.3) is 11.4 Å². The molecule has 1 atom stereocenters. The van der Waals surface area contributed by atoms with Gasteiger partial charge in [0.1, 0.15) is 5.69 Å². The number of rotatable bonds is 4. The van der Waals surface area contributed by atoms with E-state index in [2.05, 4.69) is 30.7 Å². The van der Waals surface area contributed by atoms with Crippen LogP contribution >= 0.6 is 11.6 Å². The molecule has 0 amide bonds. The number of halogens is 1. The Morgan fingerprint density at radius 1 is 1.20 bits per heavy atom. The van der Waals surface area contributed by atoms with E-state index in [-0.39, 0.29) is 12.1 Å². The van der Waals surface area contributed by atoms with E-state index in [1.54, 1.807) is 6.20 Å². The molecule has 2 heterocycles. The van der Waals surface area contributed by atoms with E-state index in [0.29, 0.717) is 5.02 Å². The van der Waals surface area contributed by atoms with Crippen LogP contribution in [-0.4, -0.2) is 33.8 Å². The standard InChI is InChI=1S/C15H21ClN4/c1-10(2)20-15(12-8-6-7-9-17-12)13(16)14(18-20)11(3)19(4)5/h6-11H,1-5H3. The molecule has 0 aromatic carbocycles. The zero-order chi connectivity index (χ0) is 14.9. The molecule has 20 heavy (non-hydrogen) atoms. The summed E-state index contributed by atoms with van der Waals surface area (Å²) < 4.78 is 1.96. The van der Waals surface area contributed by atoms with Crippen molar-refractivity contribution in [3.8, 4) is 11.4 Å². The topological polar surface area (TPSA) is 34.0 Å². The van der Waals surface area contributed by atoms with Crippen LogP contribution in [0.5, 0.6) is 0 Å². The van der Waals surface area contributed by atoms with Gasteiger partial charge in [0.05, 0.1) is 22.5 Å². The number of hydrogen-bond acceptors (Lipinski definition) is 3. The Kier molecular flexibility index (Phi) is 4.45. The second-order valence-electron chi connectivity index (χ2n) is 5.44. The molecule has 4 nitrogen and oxygen atoms in total. The van der Waals surface area contributed by atoms with Crippen LogP contribution < -0.4 is 0 Å². The van der Waals surface area contributed by atoms with Gasteiger partial charge in [0.15, 0.2) is 0 Å². The lowest BCUT2D eigenvalue weighted by molar-refractivity contribution is 0.312. The molecule has 0 aliphatic rings. The zero-order valence-corrected chi connectivity index (χ0v) is 13.4. The average molecular weight is 293 g/mol. The van der Waals surface area contributed by atoms with Crippen molar-refractivity contribution in [1.29, 1.82) is 0 Å². The quantitative estimate of drug-likeness (QED) is 0.859. The molecule has 0 bridgehead atoms. The van der Waals surface area contributed by atoms with Crippen LogP contribution in [0.3, 0.4) is 0 Å². The molecule has 0 aliphatic heterocycles. The van der Waals surface area contributed by atoms with Gasteiger partial charge in [-0.2, -0.15) is 5.10 Å². The van der Waals surface area contributed by atoms with Crippen molar-refractivity contribution in [2.75, 3.05) is 14.1 Å². The fourth-order valence-corrected chi connectivity index (χ4v) is 2.43. The van der Waals surface area contributed by atoms with Crippen LogP contribution in [0.15, 0.2) is 24.4 Å². The molecular weight excluding hydrogens is 272 g/mol. The lowest BCUT2D eigenvalue weighted by atomic mass is 10.2. The average Bonchev–Trinajstić information content (AvgIpc) is 2.76. The van der Waals surface area contributed by atoms with Gasteiger partial charge in [0.25, 0.3) is 0 Å². The summed E-state index contributed by atoms with van der Waals surface area (Å²) >= 11 is 6.60. The van der Waals surface area contributed by atoms with Crippen molar-refractivity contribution in [2.24, 2.45) is 0 Å². The maximum absolute atomic E-state index is 6.60. The van der Waals surface area contributed by atoms with Crippen molar-refractivity contribution < 1.29 is 0 Å². The van der Waals surface area contributed by atoms with Crippen LogP contribution in [-0.2, 0) is 0 Å². The van der Waals surface area contributed by atoms with Gasteiger partial charge in [0, 0.05) is 12.2 Å². The molecule has 0 spiro atoms. The Hall–Kier alpha value is -1.39. The van der Waals surface area contributed by atoms with Gasteiger partial charge in [-0.15, -0.1) is 0 Å². The lowest BCUT2D eigenvalue weighted by Gasteiger charge is -2.17. The highest BCUT2D eigenvalue weighted by Gasteiger charge is 2.24. The SMILES string of the molecule is CC(c1nn(C(C)C)c(-c2ccccn2)c1Cl)N(C)C. The largest absolute Gasteiger partial charge is 0.301 e. The van der Waals surface area contributed by atoms with E-state index in [0.717, 1.165) is 17.1 Å². The van der Waals surface area contributed by atoms with Crippen LogP contribution in [0, 0.1) is 0 Å². The van der Waals surface area contributed by atoms with Gasteiger partial charge in [-0.05, 0) is 47.0 Å². The second-order valence-corrected chi connectivity index (χ2v) is 5.82. The van der Waals surface area contributed by atoms with E-state index in [9.17, 15) is 0 Å². The smallest absolute Gasteiger partial charge is 0.106 e. The van der Waals surface area contributed by atoms with Crippen molar-refractivity contribution in [3.05, 3.63) is 35.1 Å². The van der Waals surface area contributed by atoms with E-state index in [1.165, 1.54) is 0 Å². The molecule has 2 aromatic rings. The first-order chi connectivity index (χ1) is 9.43. The summed E-state index contributed by atoms with van der Waals surface area (Å²) in [6.07, 6.45) is 1.78. The zero-order valence-electron chi connectivity index (χ0n) is 12.6. The first-order valence-electron chi connectivity index (χ1n) is 6.79. The van der Waals surface area contributed by atoms with Gasteiger partial charge in [-0.1, -0.05) is 17.7 Å². The molecule has 0 saturated carbocycles. The summed E-state index contributed by atoms with van der Waals surface area (Å²) in [7, 11) is 4.05. The highest BCUT2D eigenvalue weighted by molar-refractivity contribution is 6.33. The van der Waals surface area contributed by atoms with E-state index < -0.39 is 0 Å². The fourth-order valence-electron chi connectivity index (χ4n) is 2.05. The summed E-state index contributed by atoms with van der Waals surface area (Å²) in [6, 6.07) is 6.21. The molecule has 0 radical (unpaired) electrons. The van der Waals surface area contributed by atoms with E-state index >= 15 is 0 Å². The molecule has 0 saturated heterocycles. The number of nitrogens with zero attached hydrogens (tertiary/aromatic N) is 4. The van der Waals surface area contributed by atoms with Gasteiger partial charge in [0.2, 0.25) is 0 Å². The Balaban J connectivity index is 2.61. The highest BCUT2D eigenvalue weighted by Crippen LogP contribution is 2.35. The Morgan fingerprint density at radius 2 is 1.90 bits per heavy atom. The maximum Gasteiger partial charge on any atom is 0.106 e. The molecule has 108 valence electrons. The third-order valence-electron chi connectivity index (χ3n) is 3.44. The van der Waals surface area contributed by atoms with Gasteiger partial charge in [-0.3, -0.25) is 9.67 Å². The second kappa shape index (κ2) is 5.94. The van der Waals surface area contributed by atoms with Gasteiger partial charge >= 0.3 is 0 Å². The Labute approximate surface area is 125 Å². The summed E-state index contributed by atoms with van der Waals surface area (Å²) in [6.45, 7) is 6.29. The van der Waals surface area contributed by atoms with Crippen molar-refractivity contribution in [1.82, 2.24) is 19.7 Å². The minimum atomic E-state index is 0.157. The Bertz CT molecular complexity index is 575. The lowest BCUT2D eigenvalue weighted by Crippen LogP contribution is -2.18. The van der Waals surface area contributed by atoms with E-state index in [4.69, 9.17) is 16.7 Å². The summed E-state index contributed by atoms with van der Waals surface area (Å²) in [5.74, 6) is 0. The van der Waals surface area contributed by atoms with E-state index in [1.807, 2.05) is 37.0 Å². The molecule has 0 fully saturated rings. The molecular formula is C15H21ClN4. The van der Waals surface area contributed by atoms with Crippen LogP contribution in [0.2, 0.25) is 5.02 Å².